The molecule has 0 aliphatic rings. The number of methoxy groups -OCH3 is 1. The van der Waals surface area contributed by atoms with Crippen molar-refractivity contribution in [3.63, 3.8) is 0 Å². The van der Waals surface area contributed by atoms with Gasteiger partial charge in [-0.15, -0.1) is 0 Å². The molecule has 0 bridgehead atoms. The second kappa shape index (κ2) is 6.24. The van der Waals surface area contributed by atoms with Crippen molar-refractivity contribution in [2.75, 3.05) is 7.11 Å². The molecule has 0 saturated heterocycles. The first kappa shape index (κ1) is 14.1. The molecule has 0 unspecified atom stereocenters. The normalized spacial score (nSPS) is 10.2. The summed E-state index contributed by atoms with van der Waals surface area (Å²) in [6, 6.07) is 13.3. The van der Waals surface area contributed by atoms with Gasteiger partial charge in [-0.05, 0) is 49.2 Å². The SMILES string of the molecule is COc1ccc(COc2cc(C)ccc2C(C)=O)cc1. The van der Waals surface area contributed by atoms with Gasteiger partial charge in [0.1, 0.15) is 18.1 Å². The molecular formula is C17H18O3. The molecular weight excluding hydrogens is 252 g/mol. The molecule has 0 atom stereocenters. The Labute approximate surface area is 119 Å². The number of Topliss-reactive ketones (excluding diaryl/α,β-unsaturated/α-hetero) is 1. The summed E-state index contributed by atoms with van der Waals surface area (Å²) in [6.07, 6.45) is 0. The van der Waals surface area contributed by atoms with Gasteiger partial charge < -0.3 is 9.47 Å². The van der Waals surface area contributed by atoms with Crippen LogP contribution in [0.5, 0.6) is 11.5 Å². The van der Waals surface area contributed by atoms with Gasteiger partial charge in [0.05, 0.1) is 12.7 Å². The number of carbonyl (C=O) groups is 1. The van der Waals surface area contributed by atoms with Crippen LogP contribution < -0.4 is 9.47 Å². The Morgan fingerprint density at radius 3 is 2.40 bits per heavy atom. The maximum absolute atomic E-state index is 11.6. The monoisotopic (exact) mass is 270 g/mol. The number of ether oxygens (including phenoxy) is 2. The zero-order valence-electron chi connectivity index (χ0n) is 12.0. The molecule has 20 heavy (non-hydrogen) atoms. The van der Waals surface area contributed by atoms with Crippen molar-refractivity contribution in [3.8, 4) is 11.5 Å². The molecule has 0 N–H and O–H groups in total. The molecule has 0 aliphatic carbocycles. The number of ketones is 1. The van der Waals surface area contributed by atoms with Gasteiger partial charge in [-0.1, -0.05) is 18.2 Å². The largest absolute Gasteiger partial charge is 0.497 e. The summed E-state index contributed by atoms with van der Waals surface area (Å²) in [5, 5.41) is 0. The molecule has 0 radical (unpaired) electrons. The van der Waals surface area contributed by atoms with Crippen molar-refractivity contribution in [3.05, 3.63) is 59.2 Å². The topological polar surface area (TPSA) is 35.5 Å². The Balaban J connectivity index is 2.13. The maximum Gasteiger partial charge on any atom is 0.163 e. The van der Waals surface area contributed by atoms with E-state index in [4.69, 9.17) is 9.47 Å². The van der Waals surface area contributed by atoms with Crippen molar-refractivity contribution in [2.24, 2.45) is 0 Å². The molecule has 0 saturated carbocycles. The first-order valence-electron chi connectivity index (χ1n) is 6.47. The summed E-state index contributed by atoms with van der Waals surface area (Å²) < 4.78 is 10.9. The number of hydrogen-bond acceptors (Lipinski definition) is 3. The van der Waals surface area contributed by atoms with Gasteiger partial charge in [0.2, 0.25) is 0 Å². The lowest BCUT2D eigenvalue weighted by Crippen LogP contribution is -2.02. The second-order valence-corrected chi connectivity index (χ2v) is 4.69. The van der Waals surface area contributed by atoms with Crippen molar-refractivity contribution in [1.82, 2.24) is 0 Å². The van der Waals surface area contributed by atoms with Gasteiger partial charge in [-0.3, -0.25) is 4.79 Å². The molecule has 2 aromatic carbocycles. The standard InChI is InChI=1S/C17H18O3/c1-12-4-9-16(13(2)18)17(10-12)20-11-14-5-7-15(19-3)8-6-14/h4-10H,11H2,1-3H3. The number of aryl methyl sites for hydroxylation is 1. The fourth-order valence-electron chi connectivity index (χ4n) is 1.92. The van der Waals surface area contributed by atoms with E-state index in [0.717, 1.165) is 16.9 Å². The molecule has 2 rings (SSSR count). The number of benzene rings is 2. The van der Waals surface area contributed by atoms with E-state index in [1.165, 1.54) is 0 Å². The maximum atomic E-state index is 11.6. The lowest BCUT2D eigenvalue weighted by molar-refractivity contribution is 0.101. The van der Waals surface area contributed by atoms with Gasteiger partial charge in [0.25, 0.3) is 0 Å². The van der Waals surface area contributed by atoms with Crippen LogP contribution in [0.1, 0.15) is 28.4 Å². The summed E-state index contributed by atoms with van der Waals surface area (Å²) in [5.41, 5.74) is 2.71. The predicted molar refractivity (Wildman–Crippen MR) is 78.5 cm³/mol. The van der Waals surface area contributed by atoms with Crippen molar-refractivity contribution in [2.45, 2.75) is 20.5 Å². The Kier molecular flexibility index (Phi) is 4.41. The molecule has 104 valence electrons. The molecule has 0 amide bonds. The minimum absolute atomic E-state index is 0.00901. The number of rotatable bonds is 5. The number of hydrogen-bond donors (Lipinski definition) is 0. The van der Waals surface area contributed by atoms with Crippen LogP contribution in [0, 0.1) is 6.92 Å². The fourth-order valence-corrected chi connectivity index (χ4v) is 1.92. The van der Waals surface area contributed by atoms with E-state index in [-0.39, 0.29) is 5.78 Å². The van der Waals surface area contributed by atoms with Crippen LogP contribution >= 0.6 is 0 Å². The van der Waals surface area contributed by atoms with Gasteiger partial charge in [0, 0.05) is 0 Å². The average Bonchev–Trinajstić information content (AvgIpc) is 2.45. The molecule has 0 spiro atoms. The first-order valence-corrected chi connectivity index (χ1v) is 6.47. The van der Waals surface area contributed by atoms with Crippen LogP contribution in [0.3, 0.4) is 0 Å². The van der Waals surface area contributed by atoms with Crippen LogP contribution in [0.4, 0.5) is 0 Å². The highest BCUT2D eigenvalue weighted by atomic mass is 16.5. The molecule has 0 heterocycles. The third-order valence-electron chi connectivity index (χ3n) is 3.07. The highest BCUT2D eigenvalue weighted by Gasteiger charge is 2.08. The van der Waals surface area contributed by atoms with Crippen LogP contribution in [0.25, 0.3) is 0 Å². The Hall–Kier alpha value is -2.29. The van der Waals surface area contributed by atoms with E-state index in [1.54, 1.807) is 20.1 Å². The summed E-state index contributed by atoms with van der Waals surface area (Å²) in [5.74, 6) is 1.46. The van der Waals surface area contributed by atoms with Crippen LogP contribution in [0.2, 0.25) is 0 Å². The van der Waals surface area contributed by atoms with Crippen LogP contribution in [0.15, 0.2) is 42.5 Å². The Morgan fingerprint density at radius 1 is 1.10 bits per heavy atom. The quantitative estimate of drug-likeness (QED) is 0.775. The zero-order valence-corrected chi connectivity index (χ0v) is 12.0. The average molecular weight is 270 g/mol. The lowest BCUT2D eigenvalue weighted by atomic mass is 10.1. The summed E-state index contributed by atoms with van der Waals surface area (Å²) in [4.78, 5) is 11.6. The molecule has 0 fully saturated rings. The van der Waals surface area contributed by atoms with Crippen molar-refractivity contribution >= 4 is 5.78 Å². The molecule has 2 aromatic rings. The lowest BCUT2D eigenvalue weighted by Gasteiger charge is -2.11. The zero-order chi connectivity index (χ0) is 14.5. The first-order chi connectivity index (χ1) is 9.60. The molecule has 0 aliphatic heterocycles. The predicted octanol–water partition coefficient (Wildman–Crippen LogP) is 3.79. The summed E-state index contributed by atoms with van der Waals surface area (Å²) in [6.45, 7) is 3.95. The van der Waals surface area contributed by atoms with E-state index < -0.39 is 0 Å². The number of carbonyl (C=O) groups excluding carboxylic acids is 1. The third-order valence-corrected chi connectivity index (χ3v) is 3.07. The Bertz CT molecular complexity index is 600. The van der Waals surface area contributed by atoms with Gasteiger partial charge in [-0.2, -0.15) is 0 Å². The smallest absolute Gasteiger partial charge is 0.163 e. The van der Waals surface area contributed by atoms with Crippen molar-refractivity contribution < 1.29 is 14.3 Å². The summed E-state index contributed by atoms with van der Waals surface area (Å²) in [7, 11) is 1.64. The highest BCUT2D eigenvalue weighted by Crippen LogP contribution is 2.22. The van der Waals surface area contributed by atoms with E-state index >= 15 is 0 Å². The fraction of sp³-hybridized carbons (Fsp3) is 0.235. The highest BCUT2D eigenvalue weighted by molar-refractivity contribution is 5.96. The van der Waals surface area contributed by atoms with Gasteiger partial charge in [0.15, 0.2) is 5.78 Å². The van der Waals surface area contributed by atoms with Crippen LogP contribution in [-0.4, -0.2) is 12.9 Å². The minimum Gasteiger partial charge on any atom is -0.497 e. The second-order valence-electron chi connectivity index (χ2n) is 4.69. The van der Waals surface area contributed by atoms with Crippen molar-refractivity contribution in [1.29, 1.82) is 0 Å². The minimum atomic E-state index is 0.00901. The van der Waals surface area contributed by atoms with Crippen LogP contribution in [-0.2, 0) is 6.61 Å². The molecule has 3 nitrogen and oxygen atoms in total. The molecule has 3 heteroatoms. The molecule has 0 aromatic heterocycles. The van der Waals surface area contributed by atoms with Gasteiger partial charge in [-0.25, -0.2) is 0 Å². The van der Waals surface area contributed by atoms with E-state index in [2.05, 4.69) is 0 Å². The van der Waals surface area contributed by atoms with E-state index in [1.807, 2.05) is 43.3 Å². The Morgan fingerprint density at radius 2 is 1.80 bits per heavy atom. The van der Waals surface area contributed by atoms with E-state index in [0.29, 0.717) is 17.9 Å². The van der Waals surface area contributed by atoms with E-state index in [9.17, 15) is 4.79 Å². The third kappa shape index (κ3) is 3.38. The van der Waals surface area contributed by atoms with Gasteiger partial charge >= 0.3 is 0 Å². The summed E-state index contributed by atoms with van der Waals surface area (Å²) >= 11 is 0.